The summed E-state index contributed by atoms with van der Waals surface area (Å²) in [6.45, 7) is 0.949. The summed E-state index contributed by atoms with van der Waals surface area (Å²) >= 11 is 12.0. The highest BCUT2D eigenvalue weighted by atomic mass is 35.5. The number of nitrogens with zero attached hydrogens (tertiary/aromatic N) is 2. The Morgan fingerprint density at radius 1 is 1.08 bits per heavy atom. The molecule has 6 heteroatoms. The summed E-state index contributed by atoms with van der Waals surface area (Å²) in [5.41, 5.74) is 1.35. The number of amides is 1. The molecular weight excluding hydrogens is 350 g/mol. The van der Waals surface area contributed by atoms with Crippen LogP contribution >= 0.6 is 23.2 Å². The smallest absolute Gasteiger partial charge is 0.236 e. The molecule has 2 aromatic rings. The SMILES string of the molecule is CN(CC(=O)N(C)Cc1c(F)cccc1Cl)Cc1cccc(Cl)c1. The van der Waals surface area contributed by atoms with Gasteiger partial charge in [-0.15, -0.1) is 0 Å². The van der Waals surface area contributed by atoms with Crippen molar-refractivity contribution in [3.63, 3.8) is 0 Å². The van der Waals surface area contributed by atoms with Crippen molar-refractivity contribution in [3.8, 4) is 0 Å². The quantitative estimate of drug-likeness (QED) is 0.761. The lowest BCUT2D eigenvalue weighted by molar-refractivity contribution is -0.131. The van der Waals surface area contributed by atoms with Crippen LogP contribution in [0.1, 0.15) is 11.1 Å². The van der Waals surface area contributed by atoms with Crippen LogP contribution in [-0.4, -0.2) is 36.3 Å². The number of likely N-dealkylation sites (N-methyl/N-ethyl adjacent to an activating group) is 2. The fraction of sp³-hybridized carbons (Fsp3) is 0.278. The van der Waals surface area contributed by atoms with Gasteiger partial charge in [-0.2, -0.15) is 0 Å². The van der Waals surface area contributed by atoms with Crippen LogP contribution in [0, 0.1) is 5.82 Å². The molecule has 2 rings (SSSR count). The minimum absolute atomic E-state index is 0.112. The lowest BCUT2D eigenvalue weighted by Gasteiger charge is -2.22. The van der Waals surface area contributed by atoms with E-state index in [9.17, 15) is 9.18 Å². The first-order valence-electron chi connectivity index (χ1n) is 7.46. The predicted molar refractivity (Wildman–Crippen MR) is 95.7 cm³/mol. The van der Waals surface area contributed by atoms with E-state index < -0.39 is 5.82 Å². The highest BCUT2D eigenvalue weighted by Gasteiger charge is 2.16. The van der Waals surface area contributed by atoms with Crippen LogP contribution in [0.25, 0.3) is 0 Å². The molecule has 0 atom stereocenters. The zero-order valence-electron chi connectivity index (χ0n) is 13.6. The van der Waals surface area contributed by atoms with Crippen LogP contribution in [0.15, 0.2) is 42.5 Å². The minimum atomic E-state index is -0.408. The molecule has 3 nitrogen and oxygen atoms in total. The van der Waals surface area contributed by atoms with E-state index in [2.05, 4.69) is 0 Å². The van der Waals surface area contributed by atoms with Gasteiger partial charge in [0.05, 0.1) is 6.54 Å². The van der Waals surface area contributed by atoms with Crippen LogP contribution in [0.4, 0.5) is 4.39 Å². The Kier molecular flexibility index (Phi) is 6.60. The Morgan fingerprint density at radius 2 is 1.79 bits per heavy atom. The maximum Gasteiger partial charge on any atom is 0.236 e. The van der Waals surface area contributed by atoms with Gasteiger partial charge in [0.25, 0.3) is 0 Å². The van der Waals surface area contributed by atoms with Crippen LogP contribution in [0.3, 0.4) is 0 Å². The van der Waals surface area contributed by atoms with Gasteiger partial charge in [-0.05, 0) is 36.9 Å². The van der Waals surface area contributed by atoms with Crippen LogP contribution in [0.2, 0.25) is 10.0 Å². The standard InChI is InChI=1S/C18H19Cl2FN2O/c1-22(10-13-5-3-6-14(19)9-13)12-18(24)23(2)11-15-16(20)7-4-8-17(15)21/h3-9H,10-12H2,1-2H3. The Bertz CT molecular complexity index is 704. The molecule has 0 aliphatic heterocycles. The molecule has 24 heavy (non-hydrogen) atoms. The van der Waals surface area contributed by atoms with Gasteiger partial charge < -0.3 is 4.90 Å². The number of halogens is 3. The lowest BCUT2D eigenvalue weighted by atomic mass is 10.2. The largest absolute Gasteiger partial charge is 0.340 e. The summed E-state index contributed by atoms with van der Waals surface area (Å²) in [5, 5.41) is 0.987. The fourth-order valence-electron chi connectivity index (χ4n) is 2.36. The van der Waals surface area contributed by atoms with E-state index in [1.807, 2.05) is 36.2 Å². The molecule has 0 radical (unpaired) electrons. The molecule has 0 bridgehead atoms. The monoisotopic (exact) mass is 368 g/mol. The van der Waals surface area contributed by atoms with Crippen molar-refractivity contribution in [2.75, 3.05) is 20.6 Å². The van der Waals surface area contributed by atoms with Gasteiger partial charge in [0.15, 0.2) is 0 Å². The second kappa shape index (κ2) is 8.47. The summed E-state index contributed by atoms with van der Waals surface area (Å²) in [6.07, 6.45) is 0. The second-order valence-corrected chi connectivity index (χ2v) is 6.60. The van der Waals surface area contributed by atoms with Crippen molar-refractivity contribution < 1.29 is 9.18 Å². The first kappa shape index (κ1) is 18.7. The van der Waals surface area contributed by atoms with Gasteiger partial charge in [0.2, 0.25) is 5.91 Å². The number of hydrogen-bond donors (Lipinski definition) is 0. The number of rotatable bonds is 6. The van der Waals surface area contributed by atoms with Crippen LogP contribution < -0.4 is 0 Å². The molecule has 1 amide bonds. The number of hydrogen-bond acceptors (Lipinski definition) is 2. The van der Waals surface area contributed by atoms with Crippen molar-refractivity contribution in [1.29, 1.82) is 0 Å². The molecule has 0 aliphatic rings. The maximum atomic E-state index is 13.8. The van der Waals surface area contributed by atoms with Crippen molar-refractivity contribution in [2.45, 2.75) is 13.1 Å². The summed E-state index contributed by atoms with van der Waals surface area (Å²) in [6, 6.07) is 12.0. The van der Waals surface area contributed by atoms with Gasteiger partial charge in [0, 0.05) is 35.7 Å². The maximum absolute atomic E-state index is 13.8. The predicted octanol–water partition coefficient (Wildman–Crippen LogP) is 4.22. The first-order chi connectivity index (χ1) is 11.4. The summed E-state index contributed by atoms with van der Waals surface area (Å²) in [7, 11) is 3.49. The van der Waals surface area contributed by atoms with E-state index in [-0.39, 0.29) is 19.0 Å². The van der Waals surface area contributed by atoms with Crippen LogP contribution in [0.5, 0.6) is 0 Å². The first-order valence-corrected chi connectivity index (χ1v) is 8.22. The third kappa shape index (κ3) is 5.20. The average molecular weight is 369 g/mol. The van der Waals surface area contributed by atoms with Gasteiger partial charge in [-0.25, -0.2) is 4.39 Å². The fourth-order valence-corrected chi connectivity index (χ4v) is 2.80. The molecule has 0 spiro atoms. The highest BCUT2D eigenvalue weighted by Crippen LogP contribution is 2.20. The van der Waals surface area contributed by atoms with E-state index in [0.717, 1.165) is 5.56 Å². The molecule has 0 aliphatic carbocycles. The highest BCUT2D eigenvalue weighted by molar-refractivity contribution is 6.31. The molecule has 0 unspecified atom stereocenters. The molecule has 0 saturated heterocycles. The second-order valence-electron chi connectivity index (χ2n) is 5.75. The lowest BCUT2D eigenvalue weighted by Crippen LogP contribution is -2.36. The number of benzene rings is 2. The summed E-state index contributed by atoms with van der Waals surface area (Å²) < 4.78 is 13.8. The molecule has 0 N–H and O–H groups in total. The Labute approximate surface area is 151 Å². The Hall–Kier alpha value is -1.62. The van der Waals surface area contributed by atoms with Crippen LogP contribution in [-0.2, 0) is 17.9 Å². The van der Waals surface area contributed by atoms with Crippen molar-refractivity contribution >= 4 is 29.1 Å². The molecule has 0 aromatic heterocycles. The third-order valence-electron chi connectivity index (χ3n) is 3.63. The zero-order valence-corrected chi connectivity index (χ0v) is 15.1. The minimum Gasteiger partial charge on any atom is -0.340 e. The molecular formula is C18H19Cl2FN2O. The summed E-state index contributed by atoms with van der Waals surface area (Å²) in [4.78, 5) is 15.7. The van der Waals surface area contributed by atoms with Crippen molar-refractivity contribution in [2.24, 2.45) is 0 Å². The topological polar surface area (TPSA) is 23.6 Å². The third-order valence-corrected chi connectivity index (χ3v) is 4.22. The van der Waals surface area contributed by atoms with E-state index >= 15 is 0 Å². The Morgan fingerprint density at radius 3 is 2.46 bits per heavy atom. The van der Waals surface area contributed by atoms with Gasteiger partial charge in [-0.3, -0.25) is 9.69 Å². The van der Waals surface area contributed by atoms with Gasteiger partial charge >= 0.3 is 0 Å². The normalized spacial score (nSPS) is 10.9. The van der Waals surface area contributed by atoms with E-state index in [1.54, 1.807) is 19.2 Å². The number of carbonyl (C=O) groups is 1. The van der Waals surface area contributed by atoms with Crippen molar-refractivity contribution in [3.05, 3.63) is 69.5 Å². The molecule has 0 fully saturated rings. The molecule has 0 heterocycles. The van der Waals surface area contributed by atoms with E-state index in [0.29, 0.717) is 22.2 Å². The van der Waals surface area contributed by atoms with Gasteiger partial charge in [0.1, 0.15) is 5.82 Å². The van der Waals surface area contributed by atoms with Crippen molar-refractivity contribution in [1.82, 2.24) is 9.80 Å². The van der Waals surface area contributed by atoms with E-state index in [1.165, 1.54) is 11.0 Å². The Balaban J connectivity index is 1.93. The van der Waals surface area contributed by atoms with Gasteiger partial charge in [-0.1, -0.05) is 41.4 Å². The zero-order chi connectivity index (χ0) is 17.7. The van der Waals surface area contributed by atoms with E-state index in [4.69, 9.17) is 23.2 Å². The molecule has 128 valence electrons. The molecule has 2 aromatic carbocycles. The number of carbonyl (C=O) groups excluding carboxylic acids is 1. The average Bonchev–Trinajstić information content (AvgIpc) is 2.50. The molecule has 0 saturated carbocycles. The summed E-state index contributed by atoms with van der Waals surface area (Å²) in [5.74, 6) is -0.520.